The fraction of sp³-hybridized carbons (Fsp3) is 0.0909. The summed E-state index contributed by atoms with van der Waals surface area (Å²) in [6.45, 7) is 2.06. The maximum absolute atomic E-state index is 6.27. The molecule has 134 valence electrons. The van der Waals surface area contributed by atoms with Gasteiger partial charge in [0.25, 0.3) is 0 Å². The Kier molecular flexibility index (Phi) is 4.90. The van der Waals surface area contributed by atoms with E-state index >= 15 is 0 Å². The van der Waals surface area contributed by atoms with Crippen molar-refractivity contribution in [2.24, 2.45) is 0 Å². The molecule has 0 radical (unpaired) electrons. The van der Waals surface area contributed by atoms with Crippen molar-refractivity contribution in [3.8, 4) is 11.5 Å². The minimum absolute atomic E-state index is 0.266. The number of rotatable bonds is 5. The first-order chi connectivity index (χ1) is 13.2. The van der Waals surface area contributed by atoms with Crippen LogP contribution in [-0.4, -0.2) is 10.2 Å². The third-order valence-corrected chi connectivity index (χ3v) is 4.62. The maximum atomic E-state index is 6.27. The number of aryl methyl sites for hydroxylation is 1. The Morgan fingerprint density at radius 1 is 0.852 bits per heavy atom. The summed E-state index contributed by atoms with van der Waals surface area (Å²) in [7, 11) is 0. The van der Waals surface area contributed by atoms with Gasteiger partial charge in [-0.2, -0.15) is 0 Å². The van der Waals surface area contributed by atoms with Gasteiger partial charge in [0, 0.05) is 5.69 Å². The highest BCUT2D eigenvalue weighted by molar-refractivity contribution is 6.33. The highest BCUT2D eigenvalue weighted by Crippen LogP contribution is 2.31. The highest BCUT2D eigenvalue weighted by Gasteiger charge is 2.22. The van der Waals surface area contributed by atoms with Crippen molar-refractivity contribution in [2.75, 3.05) is 5.32 Å². The van der Waals surface area contributed by atoms with Crippen LogP contribution < -0.4 is 5.32 Å². The maximum Gasteiger partial charge on any atom is 0.249 e. The third-order valence-electron chi connectivity index (χ3n) is 4.29. The Morgan fingerprint density at radius 3 is 2.30 bits per heavy atom. The number of nitrogens with one attached hydrogen (secondary N) is 1. The van der Waals surface area contributed by atoms with Gasteiger partial charge >= 0.3 is 0 Å². The zero-order valence-corrected chi connectivity index (χ0v) is 15.5. The molecule has 0 aliphatic heterocycles. The second-order valence-corrected chi connectivity index (χ2v) is 6.69. The fourth-order valence-electron chi connectivity index (χ4n) is 2.84. The Hall–Kier alpha value is -3.11. The molecule has 1 atom stereocenters. The largest absolute Gasteiger partial charge is 0.418 e. The summed E-state index contributed by atoms with van der Waals surface area (Å²) in [4.78, 5) is 0. The van der Waals surface area contributed by atoms with Crippen molar-refractivity contribution < 1.29 is 4.42 Å². The van der Waals surface area contributed by atoms with Crippen LogP contribution in [0.2, 0.25) is 5.02 Å². The molecular weight excluding hydrogens is 358 g/mol. The zero-order chi connectivity index (χ0) is 18.6. The van der Waals surface area contributed by atoms with Gasteiger partial charge < -0.3 is 9.73 Å². The van der Waals surface area contributed by atoms with Crippen LogP contribution in [0.3, 0.4) is 0 Å². The first-order valence-electron chi connectivity index (χ1n) is 8.67. The molecule has 0 bridgehead atoms. The van der Waals surface area contributed by atoms with Crippen molar-refractivity contribution in [3.63, 3.8) is 0 Å². The van der Waals surface area contributed by atoms with Crippen LogP contribution in [0, 0.1) is 6.92 Å². The number of aromatic nitrogens is 2. The summed E-state index contributed by atoms with van der Waals surface area (Å²) in [5.74, 6) is 0.888. The third kappa shape index (κ3) is 3.86. The van der Waals surface area contributed by atoms with Crippen molar-refractivity contribution in [2.45, 2.75) is 13.0 Å². The first-order valence-corrected chi connectivity index (χ1v) is 9.05. The molecular formula is C22H18ClN3O. The molecule has 3 aromatic carbocycles. The molecule has 4 aromatic rings. The fourth-order valence-corrected chi connectivity index (χ4v) is 3.06. The van der Waals surface area contributed by atoms with Gasteiger partial charge in [-0.05, 0) is 36.8 Å². The predicted octanol–water partition coefficient (Wildman–Crippen LogP) is 5.90. The van der Waals surface area contributed by atoms with Crippen molar-refractivity contribution >= 4 is 17.3 Å². The molecule has 0 fully saturated rings. The monoisotopic (exact) mass is 375 g/mol. The number of anilines is 1. The SMILES string of the molecule is Cc1ccc(NC(c2ccccc2)c2nnc(-c3ccccc3Cl)o2)cc1. The molecule has 0 saturated heterocycles. The van der Waals surface area contributed by atoms with E-state index in [0.29, 0.717) is 16.8 Å². The van der Waals surface area contributed by atoms with E-state index < -0.39 is 0 Å². The Morgan fingerprint density at radius 2 is 1.56 bits per heavy atom. The molecule has 0 aliphatic carbocycles. The minimum atomic E-state index is -0.266. The van der Waals surface area contributed by atoms with Gasteiger partial charge in [0.1, 0.15) is 6.04 Å². The summed E-state index contributed by atoms with van der Waals surface area (Å²) >= 11 is 6.27. The summed E-state index contributed by atoms with van der Waals surface area (Å²) in [6.07, 6.45) is 0. The van der Waals surface area contributed by atoms with Gasteiger partial charge in [-0.25, -0.2) is 0 Å². The molecule has 1 unspecified atom stereocenters. The van der Waals surface area contributed by atoms with E-state index in [9.17, 15) is 0 Å². The molecule has 27 heavy (non-hydrogen) atoms. The van der Waals surface area contributed by atoms with Gasteiger partial charge in [0.15, 0.2) is 0 Å². The van der Waals surface area contributed by atoms with Crippen LogP contribution in [0.1, 0.15) is 23.1 Å². The standard InChI is InChI=1S/C22H18ClN3O/c1-15-11-13-17(14-12-15)24-20(16-7-3-2-4-8-16)22-26-25-21(27-22)18-9-5-6-10-19(18)23/h2-14,20,24H,1H3. The molecule has 0 spiro atoms. The van der Waals surface area contributed by atoms with E-state index in [0.717, 1.165) is 16.8 Å². The Labute approximate surface area is 162 Å². The second kappa shape index (κ2) is 7.64. The lowest BCUT2D eigenvalue weighted by Gasteiger charge is -2.17. The summed E-state index contributed by atoms with van der Waals surface area (Å²) < 4.78 is 5.99. The molecule has 4 nitrogen and oxygen atoms in total. The lowest BCUT2D eigenvalue weighted by atomic mass is 10.1. The quantitative estimate of drug-likeness (QED) is 0.471. The predicted molar refractivity (Wildman–Crippen MR) is 108 cm³/mol. The Balaban J connectivity index is 1.71. The van der Waals surface area contributed by atoms with E-state index in [4.69, 9.17) is 16.0 Å². The van der Waals surface area contributed by atoms with Crippen LogP contribution in [0.15, 0.2) is 83.3 Å². The van der Waals surface area contributed by atoms with Gasteiger partial charge in [-0.15, -0.1) is 10.2 Å². The Bertz CT molecular complexity index is 1030. The summed E-state index contributed by atoms with van der Waals surface area (Å²) in [6, 6.07) is 25.4. The molecule has 0 saturated carbocycles. The van der Waals surface area contributed by atoms with Crippen molar-refractivity contribution in [1.29, 1.82) is 0 Å². The molecule has 5 heteroatoms. The normalized spacial score (nSPS) is 11.9. The topological polar surface area (TPSA) is 51.0 Å². The second-order valence-electron chi connectivity index (χ2n) is 6.28. The molecule has 1 aromatic heterocycles. The van der Waals surface area contributed by atoms with E-state index in [1.165, 1.54) is 5.56 Å². The highest BCUT2D eigenvalue weighted by atomic mass is 35.5. The van der Waals surface area contributed by atoms with E-state index in [-0.39, 0.29) is 6.04 Å². The van der Waals surface area contributed by atoms with E-state index in [1.54, 1.807) is 6.07 Å². The van der Waals surface area contributed by atoms with E-state index in [2.05, 4.69) is 34.6 Å². The van der Waals surface area contributed by atoms with Crippen LogP contribution >= 0.6 is 11.6 Å². The molecule has 0 amide bonds. The number of hydrogen-bond acceptors (Lipinski definition) is 4. The van der Waals surface area contributed by atoms with Crippen molar-refractivity contribution in [3.05, 3.63) is 101 Å². The molecule has 1 N–H and O–H groups in total. The van der Waals surface area contributed by atoms with Gasteiger partial charge in [-0.3, -0.25) is 0 Å². The lowest BCUT2D eigenvalue weighted by Crippen LogP contribution is -2.12. The van der Waals surface area contributed by atoms with Gasteiger partial charge in [-0.1, -0.05) is 71.8 Å². The number of hydrogen-bond donors (Lipinski definition) is 1. The summed E-state index contributed by atoms with van der Waals surface area (Å²) in [5, 5.41) is 12.6. The molecule has 4 rings (SSSR count). The van der Waals surface area contributed by atoms with Crippen LogP contribution in [0.5, 0.6) is 0 Å². The zero-order valence-electron chi connectivity index (χ0n) is 14.8. The minimum Gasteiger partial charge on any atom is -0.418 e. The molecule has 1 heterocycles. The van der Waals surface area contributed by atoms with Crippen molar-refractivity contribution in [1.82, 2.24) is 10.2 Å². The van der Waals surface area contributed by atoms with Crippen LogP contribution in [0.25, 0.3) is 11.5 Å². The lowest BCUT2D eigenvalue weighted by molar-refractivity contribution is 0.494. The van der Waals surface area contributed by atoms with Crippen LogP contribution in [-0.2, 0) is 0 Å². The number of benzene rings is 3. The van der Waals surface area contributed by atoms with Gasteiger partial charge in [0.05, 0.1) is 10.6 Å². The molecule has 0 aliphatic rings. The average Bonchev–Trinajstić information content (AvgIpc) is 3.18. The number of halogens is 1. The summed E-state index contributed by atoms with van der Waals surface area (Å²) in [5.41, 5.74) is 3.94. The van der Waals surface area contributed by atoms with Crippen LogP contribution in [0.4, 0.5) is 5.69 Å². The number of nitrogens with zero attached hydrogens (tertiary/aromatic N) is 2. The smallest absolute Gasteiger partial charge is 0.249 e. The van der Waals surface area contributed by atoms with Gasteiger partial charge in [0.2, 0.25) is 11.8 Å². The van der Waals surface area contributed by atoms with E-state index in [1.807, 2.05) is 60.7 Å². The first kappa shape index (κ1) is 17.3. The average molecular weight is 376 g/mol.